The van der Waals surface area contributed by atoms with Crippen molar-refractivity contribution in [2.24, 2.45) is 0 Å². The Hall–Kier alpha value is -3.30. The third kappa shape index (κ3) is 3.14. The molecule has 4 rings (SSSR count). The van der Waals surface area contributed by atoms with Gasteiger partial charge in [0, 0.05) is 30.4 Å². The highest BCUT2D eigenvalue weighted by molar-refractivity contribution is 6.04. The van der Waals surface area contributed by atoms with Gasteiger partial charge < -0.3 is 15.1 Å². The zero-order chi connectivity index (χ0) is 20.9. The molecule has 0 radical (unpaired) electrons. The molecule has 2 aromatic rings. The second kappa shape index (κ2) is 6.94. The van der Waals surface area contributed by atoms with Crippen molar-refractivity contribution in [2.45, 2.75) is 32.5 Å². The van der Waals surface area contributed by atoms with Crippen LogP contribution in [-0.2, 0) is 11.3 Å². The first-order valence-electron chi connectivity index (χ1n) is 9.04. The minimum absolute atomic E-state index is 0.141. The summed E-state index contributed by atoms with van der Waals surface area (Å²) >= 11 is 0. The molecule has 152 valence electrons. The Balaban J connectivity index is 1.61. The van der Waals surface area contributed by atoms with Crippen LogP contribution in [0.2, 0.25) is 0 Å². The second-order valence-corrected chi connectivity index (χ2v) is 7.07. The fourth-order valence-electron chi connectivity index (χ4n) is 3.61. The molecule has 3 heterocycles. The molecule has 1 aromatic heterocycles. The van der Waals surface area contributed by atoms with Crippen LogP contribution in [0.5, 0.6) is 0 Å². The Morgan fingerprint density at radius 3 is 2.48 bits per heavy atom. The van der Waals surface area contributed by atoms with Crippen LogP contribution in [-0.4, -0.2) is 39.2 Å². The van der Waals surface area contributed by atoms with Gasteiger partial charge in [-0.1, -0.05) is 6.08 Å². The van der Waals surface area contributed by atoms with E-state index in [1.165, 1.54) is 11.0 Å². The Morgan fingerprint density at radius 1 is 1.17 bits per heavy atom. The van der Waals surface area contributed by atoms with Crippen molar-refractivity contribution in [1.29, 1.82) is 0 Å². The number of fused-ring (bicyclic) bond motifs is 1. The molecule has 0 aliphatic carbocycles. The predicted octanol–water partition coefficient (Wildman–Crippen LogP) is 3.20. The second-order valence-electron chi connectivity index (χ2n) is 7.07. The Morgan fingerprint density at radius 2 is 1.86 bits per heavy atom. The topological polar surface area (TPSA) is 70.5 Å². The van der Waals surface area contributed by atoms with Gasteiger partial charge in [-0.25, -0.2) is 18.0 Å². The lowest BCUT2D eigenvalue weighted by Gasteiger charge is -2.39. The number of amides is 3. The van der Waals surface area contributed by atoms with Crippen molar-refractivity contribution in [3.8, 4) is 0 Å². The summed E-state index contributed by atoms with van der Waals surface area (Å²) in [6.45, 7) is 4.26. The molecule has 0 saturated carbocycles. The maximum absolute atomic E-state index is 13.5. The Labute approximate surface area is 164 Å². The van der Waals surface area contributed by atoms with Crippen molar-refractivity contribution in [3.63, 3.8) is 0 Å². The van der Waals surface area contributed by atoms with Gasteiger partial charge in [-0.3, -0.25) is 9.48 Å². The van der Waals surface area contributed by atoms with E-state index in [1.54, 1.807) is 21.9 Å². The van der Waals surface area contributed by atoms with Crippen LogP contribution in [0, 0.1) is 17.5 Å². The molecule has 1 aromatic carbocycles. The van der Waals surface area contributed by atoms with Gasteiger partial charge in [0.25, 0.3) is 5.91 Å². The summed E-state index contributed by atoms with van der Waals surface area (Å²) in [5, 5.41) is 6.78. The van der Waals surface area contributed by atoms with E-state index in [0.29, 0.717) is 17.9 Å². The zero-order valence-electron chi connectivity index (χ0n) is 15.7. The summed E-state index contributed by atoms with van der Waals surface area (Å²) in [6, 6.07) is 0.347. The maximum atomic E-state index is 13.5. The fraction of sp³-hybridized carbons (Fsp3) is 0.316. The number of aromatic nitrogens is 2. The highest BCUT2D eigenvalue weighted by Crippen LogP contribution is 2.33. The quantitative estimate of drug-likeness (QED) is 0.780. The number of hydrogen-bond donors (Lipinski definition) is 1. The van der Waals surface area contributed by atoms with Crippen LogP contribution in [0.3, 0.4) is 0 Å². The minimum atomic E-state index is -1.60. The Bertz CT molecular complexity index is 1010. The summed E-state index contributed by atoms with van der Waals surface area (Å²) in [5.41, 5.74) is 1.10. The predicted molar refractivity (Wildman–Crippen MR) is 98.8 cm³/mol. The summed E-state index contributed by atoms with van der Waals surface area (Å²) < 4.78 is 41.8. The standard InChI is InChI=1S/C19H18F3N5O2/c1-10-11(2)27-16(15(8-23-27)25-5-3-4-17(25)28)9-26(10)19(29)24-12-6-13(20)18(22)14(21)7-12/h3-4,6-8,10-11H,5,9H2,1-2H3,(H,24,29)/t10-,11+/m0/s1. The van der Waals surface area contributed by atoms with E-state index in [2.05, 4.69) is 10.4 Å². The molecule has 3 amide bonds. The number of carbonyl (C=O) groups excluding carboxylic acids is 2. The highest BCUT2D eigenvalue weighted by atomic mass is 19.2. The van der Waals surface area contributed by atoms with Crippen LogP contribution in [0.4, 0.5) is 29.3 Å². The first-order valence-corrected chi connectivity index (χ1v) is 9.04. The van der Waals surface area contributed by atoms with Crippen LogP contribution >= 0.6 is 0 Å². The Kier molecular flexibility index (Phi) is 4.56. The third-order valence-corrected chi connectivity index (χ3v) is 5.37. The summed E-state index contributed by atoms with van der Waals surface area (Å²) in [4.78, 5) is 27.9. The summed E-state index contributed by atoms with van der Waals surface area (Å²) in [6.07, 6.45) is 4.81. The number of anilines is 2. The monoisotopic (exact) mass is 405 g/mol. The normalized spacial score (nSPS) is 20.9. The smallest absolute Gasteiger partial charge is 0.314 e. The lowest BCUT2D eigenvalue weighted by Crippen LogP contribution is -2.49. The van der Waals surface area contributed by atoms with Gasteiger partial charge in [0.1, 0.15) is 0 Å². The van der Waals surface area contributed by atoms with E-state index < -0.39 is 23.5 Å². The van der Waals surface area contributed by atoms with Crippen molar-refractivity contribution in [3.05, 3.63) is 53.6 Å². The van der Waals surface area contributed by atoms with Crippen LogP contribution in [0.25, 0.3) is 0 Å². The molecule has 7 nitrogen and oxygen atoms in total. The van der Waals surface area contributed by atoms with Gasteiger partial charge in [0.2, 0.25) is 0 Å². The lowest BCUT2D eigenvalue weighted by atomic mass is 10.1. The van der Waals surface area contributed by atoms with E-state index in [9.17, 15) is 22.8 Å². The van der Waals surface area contributed by atoms with Crippen LogP contribution in [0.1, 0.15) is 25.6 Å². The van der Waals surface area contributed by atoms with Gasteiger partial charge in [-0.05, 0) is 13.8 Å². The molecule has 2 aliphatic heterocycles. The molecule has 2 aliphatic rings. The van der Waals surface area contributed by atoms with Crippen LogP contribution < -0.4 is 10.2 Å². The lowest BCUT2D eigenvalue weighted by molar-refractivity contribution is -0.113. The maximum Gasteiger partial charge on any atom is 0.322 e. The molecule has 0 unspecified atom stereocenters. The third-order valence-electron chi connectivity index (χ3n) is 5.37. The molecule has 10 heteroatoms. The number of hydrogen-bond acceptors (Lipinski definition) is 3. The molecular formula is C19H18F3N5O2. The van der Waals surface area contributed by atoms with Crippen molar-refractivity contribution in [1.82, 2.24) is 14.7 Å². The number of nitrogens with one attached hydrogen (secondary N) is 1. The van der Waals surface area contributed by atoms with Gasteiger partial charge >= 0.3 is 6.03 Å². The van der Waals surface area contributed by atoms with E-state index in [0.717, 1.165) is 12.1 Å². The molecule has 0 spiro atoms. The van der Waals surface area contributed by atoms with Crippen LogP contribution in [0.15, 0.2) is 30.5 Å². The van der Waals surface area contributed by atoms with Gasteiger partial charge in [0.05, 0.1) is 36.2 Å². The van der Waals surface area contributed by atoms with Gasteiger partial charge in [0.15, 0.2) is 17.5 Å². The van der Waals surface area contributed by atoms with Crippen molar-refractivity contribution in [2.75, 3.05) is 16.8 Å². The summed E-state index contributed by atoms with van der Waals surface area (Å²) in [5.74, 6) is -4.54. The number of benzene rings is 1. The van der Waals surface area contributed by atoms with Crippen molar-refractivity contribution < 1.29 is 22.8 Å². The van der Waals surface area contributed by atoms with E-state index in [-0.39, 0.29) is 30.2 Å². The SMILES string of the molecule is C[C@@H]1[C@H](C)N(C(=O)Nc2cc(F)c(F)c(F)c2)Cc2c(N3CC=CC3=O)cnn21. The fourth-order valence-corrected chi connectivity index (χ4v) is 3.61. The molecular weight excluding hydrogens is 387 g/mol. The van der Waals surface area contributed by atoms with Gasteiger partial charge in [-0.15, -0.1) is 0 Å². The zero-order valence-corrected chi connectivity index (χ0v) is 15.7. The average Bonchev–Trinajstić information content (AvgIpc) is 3.28. The number of urea groups is 1. The largest absolute Gasteiger partial charge is 0.322 e. The average molecular weight is 405 g/mol. The molecule has 0 saturated heterocycles. The van der Waals surface area contributed by atoms with E-state index >= 15 is 0 Å². The molecule has 1 N–H and O–H groups in total. The molecule has 0 fully saturated rings. The number of nitrogens with zero attached hydrogens (tertiary/aromatic N) is 4. The first kappa shape index (κ1) is 19.0. The molecule has 29 heavy (non-hydrogen) atoms. The van der Waals surface area contributed by atoms with E-state index in [4.69, 9.17) is 0 Å². The van der Waals surface area contributed by atoms with E-state index in [1.807, 2.05) is 13.8 Å². The molecule has 0 bridgehead atoms. The molecule has 2 atom stereocenters. The van der Waals surface area contributed by atoms with Crippen molar-refractivity contribution >= 4 is 23.3 Å². The number of rotatable bonds is 2. The number of halogens is 3. The minimum Gasteiger partial charge on any atom is -0.314 e. The first-order chi connectivity index (χ1) is 13.8. The number of carbonyl (C=O) groups is 2. The van der Waals surface area contributed by atoms with Gasteiger partial charge in [-0.2, -0.15) is 5.10 Å². The highest BCUT2D eigenvalue weighted by Gasteiger charge is 2.36. The summed E-state index contributed by atoms with van der Waals surface area (Å²) in [7, 11) is 0.